The summed E-state index contributed by atoms with van der Waals surface area (Å²) in [5.41, 5.74) is 1.98. The van der Waals surface area contributed by atoms with Crippen LogP contribution < -0.4 is 15.6 Å². The highest BCUT2D eigenvalue weighted by molar-refractivity contribution is 5.83. The van der Waals surface area contributed by atoms with Gasteiger partial charge < -0.3 is 19.7 Å². The Hall–Kier alpha value is -3.02. The summed E-state index contributed by atoms with van der Waals surface area (Å²) in [7, 11) is 1.56. The Bertz CT molecular complexity index is 963. The summed E-state index contributed by atoms with van der Waals surface area (Å²) >= 11 is 0. The van der Waals surface area contributed by atoms with Gasteiger partial charge in [0.1, 0.15) is 11.5 Å². The Balaban J connectivity index is 1.99. The molecule has 0 fully saturated rings. The molecule has 0 saturated heterocycles. The molecule has 0 unspecified atom stereocenters. The number of phenols is 1. The first-order valence-corrected chi connectivity index (χ1v) is 6.84. The van der Waals surface area contributed by atoms with Gasteiger partial charge in [0.25, 0.3) is 5.56 Å². The molecule has 22 heavy (non-hydrogen) atoms. The molecule has 0 aliphatic carbocycles. The van der Waals surface area contributed by atoms with Crippen molar-refractivity contribution in [3.8, 4) is 11.5 Å². The molecule has 4 rings (SSSR count). The molecular weight excluding hydrogens is 282 g/mol. The molecule has 110 valence electrons. The molecule has 0 radical (unpaired) electrons. The monoisotopic (exact) mass is 295 g/mol. The van der Waals surface area contributed by atoms with Crippen molar-refractivity contribution in [1.29, 1.82) is 0 Å². The van der Waals surface area contributed by atoms with Crippen LogP contribution >= 0.6 is 0 Å². The molecule has 2 heterocycles. The van der Waals surface area contributed by atoms with Gasteiger partial charge in [0.05, 0.1) is 24.6 Å². The third-order valence-corrected chi connectivity index (χ3v) is 3.90. The van der Waals surface area contributed by atoms with Crippen molar-refractivity contribution >= 4 is 22.5 Å². The number of nitrogens with zero attached hydrogens (tertiary/aromatic N) is 2. The minimum absolute atomic E-state index is 0.219. The van der Waals surface area contributed by atoms with Gasteiger partial charge in [0, 0.05) is 11.3 Å². The third kappa shape index (κ3) is 1.74. The first-order chi connectivity index (χ1) is 10.7. The van der Waals surface area contributed by atoms with Gasteiger partial charge >= 0.3 is 0 Å². The normalized spacial score (nSPS) is 12.4. The average molecular weight is 295 g/mol. The highest BCUT2D eigenvalue weighted by atomic mass is 16.5. The topological polar surface area (TPSA) is 76.4 Å². The maximum Gasteiger partial charge on any atom is 0.282 e. The minimum Gasteiger partial charge on any atom is -0.508 e. The van der Waals surface area contributed by atoms with E-state index in [-0.39, 0.29) is 11.3 Å². The molecule has 1 aliphatic rings. The zero-order chi connectivity index (χ0) is 15.3. The van der Waals surface area contributed by atoms with Crippen LogP contribution in [0.4, 0.5) is 11.6 Å². The molecule has 0 spiro atoms. The SMILES string of the molecule is COc1ccc2c(c1)c(=O)nc1n2Cc2c(O)cccc2N1. The molecule has 0 bridgehead atoms. The predicted molar refractivity (Wildman–Crippen MR) is 83.0 cm³/mol. The van der Waals surface area contributed by atoms with Crippen LogP contribution in [0, 0.1) is 0 Å². The molecule has 3 aromatic rings. The number of benzene rings is 2. The standard InChI is InChI=1S/C16H13N3O3/c1-22-9-5-6-13-10(7-9)15(21)18-16-17-12-3-2-4-14(20)11(12)8-19(13)16/h2-7,20H,8H2,1H3,(H,17,18,21). The predicted octanol–water partition coefficient (Wildman–Crippen LogP) is 2.22. The first-order valence-electron chi connectivity index (χ1n) is 6.84. The molecule has 6 heteroatoms. The lowest BCUT2D eigenvalue weighted by Crippen LogP contribution is -2.22. The summed E-state index contributed by atoms with van der Waals surface area (Å²) < 4.78 is 7.04. The number of phenolic OH excluding ortho intramolecular Hbond substituents is 1. The maximum absolute atomic E-state index is 12.2. The van der Waals surface area contributed by atoms with E-state index in [1.807, 2.05) is 16.7 Å². The minimum atomic E-state index is -0.309. The summed E-state index contributed by atoms with van der Waals surface area (Å²) in [6.45, 7) is 0.445. The van der Waals surface area contributed by atoms with E-state index in [1.165, 1.54) is 0 Å². The fourth-order valence-electron chi connectivity index (χ4n) is 2.77. The van der Waals surface area contributed by atoms with E-state index in [1.54, 1.807) is 31.4 Å². The van der Waals surface area contributed by atoms with Crippen LogP contribution in [-0.4, -0.2) is 21.8 Å². The van der Waals surface area contributed by atoms with Gasteiger partial charge in [-0.15, -0.1) is 0 Å². The zero-order valence-corrected chi connectivity index (χ0v) is 11.8. The smallest absolute Gasteiger partial charge is 0.282 e. The van der Waals surface area contributed by atoms with Crippen LogP contribution in [0.15, 0.2) is 41.2 Å². The summed E-state index contributed by atoms with van der Waals surface area (Å²) in [5.74, 6) is 1.30. The Morgan fingerprint density at radius 1 is 1.32 bits per heavy atom. The number of ether oxygens (including phenoxy) is 1. The number of nitrogens with one attached hydrogen (secondary N) is 1. The highest BCUT2D eigenvalue weighted by Crippen LogP contribution is 2.34. The number of methoxy groups -OCH3 is 1. The quantitative estimate of drug-likeness (QED) is 0.563. The number of aromatic nitrogens is 2. The van der Waals surface area contributed by atoms with Crippen LogP contribution in [0.3, 0.4) is 0 Å². The van der Waals surface area contributed by atoms with Gasteiger partial charge in [-0.3, -0.25) is 4.79 Å². The van der Waals surface area contributed by atoms with Crippen molar-refractivity contribution < 1.29 is 9.84 Å². The van der Waals surface area contributed by atoms with Crippen LogP contribution in [0.5, 0.6) is 11.5 Å². The van der Waals surface area contributed by atoms with E-state index >= 15 is 0 Å². The van der Waals surface area contributed by atoms with Gasteiger partial charge in [-0.1, -0.05) is 6.07 Å². The molecular formula is C16H13N3O3. The van der Waals surface area contributed by atoms with Crippen LogP contribution in [0.1, 0.15) is 5.56 Å². The van der Waals surface area contributed by atoms with Crippen molar-refractivity contribution in [2.75, 3.05) is 12.4 Å². The van der Waals surface area contributed by atoms with Crippen molar-refractivity contribution in [3.05, 3.63) is 52.3 Å². The van der Waals surface area contributed by atoms with Gasteiger partial charge in [-0.2, -0.15) is 4.98 Å². The van der Waals surface area contributed by atoms with Crippen molar-refractivity contribution in [1.82, 2.24) is 9.55 Å². The number of rotatable bonds is 1. The molecule has 0 amide bonds. The lowest BCUT2D eigenvalue weighted by Gasteiger charge is -2.24. The average Bonchev–Trinajstić information content (AvgIpc) is 2.54. The fraction of sp³-hybridized carbons (Fsp3) is 0.125. The lowest BCUT2D eigenvalue weighted by molar-refractivity contribution is 0.415. The van der Waals surface area contributed by atoms with Gasteiger partial charge in [-0.05, 0) is 30.3 Å². The van der Waals surface area contributed by atoms with Crippen molar-refractivity contribution in [2.45, 2.75) is 6.54 Å². The largest absolute Gasteiger partial charge is 0.508 e. The molecule has 2 N–H and O–H groups in total. The lowest BCUT2D eigenvalue weighted by atomic mass is 10.1. The molecule has 2 aromatic carbocycles. The maximum atomic E-state index is 12.2. The van der Waals surface area contributed by atoms with Gasteiger partial charge in [-0.25, -0.2) is 0 Å². The number of hydrogen-bond donors (Lipinski definition) is 2. The molecule has 0 saturated carbocycles. The zero-order valence-electron chi connectivity index (χ0n) is 11.8. The summed E-state index contributed by atoms with van der Waals surface area (Å²) in [6, 6.07) is 10.6. The first kappa shape index (κ1) is 12.7. The molecule has 1 aliphatic heterocycles. The van der Waals surface area contributed by atoms with E-state index in [0.29, 0.717) is 23.6 Å². The van der Waals surface area contributed by atoms with Crippen LogP contribution in [-0.2, 0) is 6.54 Å². The van der Waals surface area contributed by atoms with Gasteiger partial charge in [0.2, 0.25) is 5.95 Å². The molecule has 1 aromatic heterocycles. The second-order valence-electron chi connectivity index (χ2n) is 5.14. The number of fused-ring (bicyclic) bond motifs is 4. The Kier molecular flexibility index (Phi) is 2.59. The van der Waals surface area contributed by atoms with E-state index in [9.17, 15) is 9.90 Å². The molecule has 6 nitrogen and oxygen atoms in total. The number of anilines is 2. The van der Waals surface area contributed by atoms with Crippen LogP contribution in [0.2, 0.25) is 0 Å². The van der Waals surface area contributed by atoms with Gasteiger partial charge in [0.15, 0.2) is 0 Å². The van der Waals surface area contributed by atoms with E-state index in [4.69, 9.17) is 4.74 Å². The van der Waals surface area contributed by atoms with Crippen LogP contribution in [0.25, 0.3) is 10.9 Å². The summed E-state index contributed by atoms with van der Waals surface area (Å²) in [6.07, 6.45) is 0. The van der Waals surface area contributed by atoms with E-state index < -0.39 is 0 Å². The number of aromatic hydroxyl groups is 1. The Morgan fingerprint density at radius 2 is 2.18 bits per heavy atom. The fourth-order valence-corrected chi connectivity index (χ4v) is 2.77. The van der Waals surface area contributed by atoms with E-state index in [0.717, 1.165) is 16.8 Å². The Labute approximate surface area is 125 Å². The number of hydrogen-bond acceptors (Lipinski definition) is 5. The molecule has 0 atom stereocenters. The summed E-state index contributed by atoms with van der Waals surface area (Å²) in [4.78, 5) is 16.3. The second-order valence-corrected chi connectivity index (χ2v) is 5.14. The third-order valence-electron chi connectivity index (χ3n) is 3.90. The Morgan fingerprint density at radius 3 is 3.00 bits per heavy atom. The van der Waals surface area contributed by atoms with Crippen molar-refractivity contribution in [2.24, 2.45) is 0 Å². The highest BCUT2D eigenvalue weighted by Gasteiger charge is 2.20. The van der Waals surface area contributed by atoms with E-state index in [2.05, 4.69) is 10.3 Å². The second kappa shape index (κ2) is 4.49. The van der Waals surface area contributed by atoms with Crippen molar-refractivity contribution in [3.63, 3.8) is 0 Å². The summed E-state index contributed by atoms with van der Waals surface area (Å²) in [5, 5.41) is 13.6.